The van der Waals surface area contributed by atoms with Crippen molar-refractivity contribution in [3.8, 4) is 73.6 Å². The van der Waals surface area contributed by atoms with E-state index in [4.69, 9.17) is 75.8 Å². The number of fused-ring (bicyclic) bond motifs is 4. The molecule has 16 aromatic rings. The normalized spacial score (nSPS) is 15.4. The van der Waals surface area contributed by atoms with Crippen LogP contribution in [0.5, 0.6) is 0 Å². The molecule has 0 bridgehead atoms. The molecule has 125 heavy (non-hydrogen) atoms. The number of hydrogen-bond acceptors (Lipinski definition) is 18. The lowest BCUT2D eigenvalue weighted by atomic mass is 10.1. The third kappa shape index (κ3) is 19.6. The fourth-order valence-electron chi connectivity index (χ4n) is 16.3. The number of pyridine rings is 4. The second-order valence-corrected chi connectivity index (χ2v) is 33.0. The molecule has 2 amide bonds. The summed E-state index contributed by atoms with van der Waals surface area (Å²) in [5, 5.41) is 26.4. The molecule has 6 aromatic carbocycles. The van der Waals surface area contributed by atoms with Gasteiger partial charge in [-0.3, -0.25) is 34.2 Å². The maximum absolute atomic E-state index is 13.6. The highest BCUT2D eigenvalue weighted by molar-refractivity contribution is 6.31. The van der Waals surface area contributed by atoms with Crippen LogP contribution in [-0.2, 0) is 35.7 Å². The van der Waals surface area contributed by atoms with E-state index in [1.807, 2.05) is 148 Å². The summed E-state index contributed by atoms with van der Waals surface area (Å²) >= 11 is 24.4. The summed E-state index contributed by atoms with van der Waals surface area (Å²) in [6.45, 7) is 15.1. The van der Waals surface area contributed by atoms with Gasteiger partial charge in [-0.25, -0.2) is 29.3 Å². The van der Waals surface area contributed by atoms with Crippen LogP contribution in [0.4, 0.5) is 4.39 Å². The van der Waals surface area contributed by atoms with E-state index in [2.05, 4.69) is 130 Å². The maximum Gasteiger partial charge on any atom is 0.274 e. The Morgan fingerprint density at radius 2 is 0.856 bits per heavy atom. The third-order valence-electron chi connectivity index (χ3n) is 23.1. The van der Waals surface area contributed by atoms with Crippen molar-refractivity contribution in [1.29, 1.82) is 5.26 Å². The first-order valence-corrected chi connectivity index (χ1v) is 43.2. The number of carbonyl (C=O) groups is 2. The van der Waals surface area contributed by atoms with Gasteiger partial charge < -0.3 is 36.9 Å². The van der Waals surface area contributed by atoms with Crippen molar-refractivity contribution in [2.45, 2.75) is 44.9 Å². The molecule has 1 saturated carbocycles. The minimum absolute atomic E-state index is 0.0723. The van der Waals surface area contributed by atoms with Gasteiger partial charge in [0.1, 0.15) is 40.2 Å². The number of hydrogen-bond donors (Lipinski definition) is 1. The second kappa shape index (κ2) is 38.3. The number of H-pyrrole nitrogens is 1. The second-order valence-electron chi connectivity index (χ2n) is 31.3. The first-order valence-electron chi connectivity index (χ1n) is 41.6. The van der Waals surface area contributed by atoms with Crippen molar-refractivity contribution in [2.75, 3.05) is 105 Å². The summed E-state index contributed by atoms with van der Waals surface area (Å²) in [6, 6.07) is 65.8. The molecule has 1 N–H and O–H groups in total. The number of nitrogens with one attached hydrogen (secondary N) is 1. The van der Waals surface area contributed by atoms with Gasteiger partial charge in [0.15, 0.2) is 0 Å². The number of tetrazole rings is 1. The average Bonchev–Trinajstić information content (AvgIpc) is 1.63. The number of piperazine rings is 2. The number of aromatic amines is 1. The number of nitrogens with zero attached hydrogens (tertiary/aromatic N) is 20. The smallest absolute Gasteiger partial charge is 0.274 e. The highest BCUT2D eigenvalue weighted by Crippen LogP contribution is 2.41. The predicted octanol–water partition coefficient (Wildman–Crippen LogP) is 16.7. The Morgan fingerprint density at radius 3 is 1.30 bits per heavy atom. The Bertz CT molecular complexity index is 6500. The molecule has 25 nitrogen and oxygen atoms in total. The Morgan fingerprint density at radius 1 is 0.432 bits per heavy atom. The minimum atomic E-state index is -0.387. The number of nitriles is 1. The first kappa shape index (κ1) is 83.4. The van der Waals surface area contributed by atoms with E-state index in [-0.39, 0.29) is 17.6 Å². The molecule has 5 aliphatic rings. The van der Waals surface area contributed by atoms with Crippen LogP contribution in [0.1, 0.15) is 73.5 Å². The zero-order chi connectivity index (χ0) is 85.3. The molecule has 21 rings (SSSR count). The van der Waals surface area contributed by atoms with Crippen molar-refractivity contribution in [2.24, 2.45) is 0 Å². The summed E-state index contributed by atoms with van der Waals surface area (Å²) in [5.74, 6) is 0.640. The van der Waals surface area contributed by atoms with Gasteiger partial charge in [0, 0.05) is 195 Å². The first-order chi connectivity index (χ1) is 61.2. The number of amides is 2. The lowest BCUT2D eigenvalue weighted by Gasteiger charge is -2.34. The molecule has 0 atom stereocenters. The van der Waals surface area contributed by atoms with Crippen LogP contribution >= 0.6 is 46.4 Å². The quantitative estimate of drug-likeness (QED) is 0.0890. The number of morpholine rings is 2. The molecule has 0 spiro atoms. The van der Waals surface area contributed by atoms with Crippen molar-refractivity contribution in [3.63, 3.8) is 0 Å². The van der Waals surface area contributed by atoms with Gasteiger partial charge >= 0.3 is 0 Å². The summed E-state index contributed by atoms with van der Waals surface area (Å²) in [6.07, 6.45) is 15.4. The van der Waals surface area contributed by atoms with E-state index >= 15 is 0 Å². The third-order valence-corrected chi connectivity index (χ3v) is 24.1. The van der Waals surface area contributed by atoms with Gasteiger partial charge in [0.05, 0.1) is 83.7 Å². The van der Waals surface area contributed by atoms with Crippen LogP contribution in [0.2, 0.25) is 20.1 Å². The minimum Gasteiger partial charge on any atom is -0.379 e. The van der Waals surface area contributed by atoms with E-state index in [9.17, 15) is 19.2 Å². The Hall–Kier alpha value is -12.5. The highest BCUT2D eigenvalue weighted by atomic mass is 35.5. The molecule has 0 radical (unpaired) electrons. The predicted molar refractivity (Wildman–Crippen MR) is 481 cm³/mol. The fraction of sp³-hybridized carbons (Fsp3) is 0.242. The molecule has 4 saturated heterocycles. The Labute approximate surface area is 740 Å². The van der Waals surface area contributed by atoms with Crippen molar-refractivity contribution < 1.29 is 23.5 Å². The molecule has 14 heterocycles. The number of aromatic nitrogens is 14. The lowest BCUT2D eigenvalue weighted by molar-refractivity contribution is 0.0335. The van der Waals surface area contributed by atoms with E-state index in [1.54, 1.807) is 30.6 Å². The van der Waals surface area contributed by atoms with Gasteiger partial charge in [-0.15, -0.1) is 10.2 Å². The number of halogens is 5. The molecule has 10 aromatic heterocycles. The summed E-state index contributed by atoms with van der Waals surface area (Å²) in [4.78, 5) is 66.7. The molecular weight excluding hydrogens is 1660 g/mol. The number of carbonyl (C=O) groups excluding carboxylic acids is 2. The van der Waals surface area contributed by atoms with Crippen molar-refractivity contribution in [1.82, 2.24) is 97.5 Å². The van der Waals surface area contributed by atoms with Crippen LogP contribution in [0.3, 0.4) is 0 Å². The highest BCUT2D eigenvalue weighted by Gasteiger charge is 2.31. The van der Waals surface area contributed by atoms with E-state index in [0.717, 1.165) is 206 Å². The monoisotopic (exact) mass is 1740 g/mol. The molecule has 30 heteroatoms. The summed E-state index contributed by atoms with van der Waals surface area (Å²) < 4.78 is 33.1. The molecule has 0 unspecified atom stereocenters. The zero-order valence-corrected chi connectivity index (χ0v) is 71.2. The molecule has 1 aliphatic carbocycles. The maximum atomic E-state index is 13.6. The van der Waals surface area contributed by atoms with Gasteiger partial charge in [-0.2, -0.15) is 10.5 Å². The zero-order valence-electron chi connectivity index (χ0n) is 68.2. The number of imidazole rings is 4. The van der Waals surface area contributed by atoms with Gasteiger partial charge in [0.2, 0.25) is 5.82 Å². The van der Waals surface area contributed by atoms with Crippen LogP contribution in [0.25, 0.3) is 90.1 Å². The molecular formula is C95H86Cl4FN21O4. The van der Waals surface area contributed by atoms with E-state index < -0.39 is 0 Å². The van der Waals surface area contributed by atoms with Gasteiger partial charge in [-0.05, 0) is 150 Å². The molecule has 4 aliphatic heterocycles. The topological polar surface area (TPSA) is 245 Å². The molecule has 5 fully saturated rings. The van der Waals surface area contributed by atoms with E-state index in [1.165, 1.54) is 36.7 Å². The Balaban J connectivity index is 0.000000114. The standard InChI is InChI=1S/C29H25ClN6O.C28H26ClFN4O.C19H18ClN7O.C19H17ClN4O/c30-24-9-6-22(7-10-24)28-26(36-19-23(8-11-27(36)33-28)21-4-2-1-3-5-21)20-34-14-16-35(17-15-34)29(37)25-18-31-12-13-32-25;29-23-9-6-20(7-10-23)27-25(34-17-22(19-4-5-19)8-11-26(34)31-27)18-32-12-14-33(15-13-32)28(35)21-2-1-3-24(30)16-21;20-15-4-1-13(2-5-15)18-16(12-26-7-9-28-10-8-26)27-11-14(3-6-17(27)21-18)19-22-24-25-23-19;20-16-4-2-15(3-5-16)19-17(13-23-7-9-25-10-8-23)24-12-14(11-21)1-6-18(24)22-19/h1-13,18-19H,14-17,20H2;1-3,6-11,16-17,19H,4-5,12-15,18H2;1-6,11H,7-10,12H2,(H,22,23,24,25);1-6,12H,7-10,13H2. The van der Waals surface area contributed by atoms with Gasteiger partial charge in [-0.1, -0.05) is 137 Å². The summed E-state index contributed by atoms with van der Waals surface area (Å²) in [7, 11) is 0. The number of ether oxygens (including phenoxy) is 2. The number of benzene rings is 6. The van der Waals surface area contributed by atoms with E-state index in [0.29, 0.717) is 81.4 Å². The van der Waals surface area contributed by atoms with Crippen molar-refractivity contribution >= 4 is 80.8 Å². The summed E-state index contributed by atoms with van der Waals surface area (Å²) in [5.41, 5.74) is 21.9. The SMILES string of the molecule is Clc1ccc(-c2nc3ccc(-c4nn[nH]n4)cn3c2CN2CCOCC2)cc1.N#Cc1ccc2nc(-c3ccc(Cl)cc3)c(CN3CCOCC3)n2c1.O=C(c1cccc(F)c1)N1CCN(Cc2c(-c3ccc(Cl)cc3)nc3ccc(C4CC4)cn23)CC1.O=C(c1cnccn1)N1CCN(Cc2c(-c3ccc(Cl)cc3)nc3ccc(-c4ccccc4)cn23)CC1. The fourth-order valence-corrected chi connectivity index (χ4v) is 16.8. The average molecular weight is 1750 g/mol. The van der Waals surface area contributed by atoms with Crippen LogP contribution in [0.15, 0.2) is 244 Å². The number of rotatable bonds is 17. The Kier molecular flexibility index (Phi) is 25.6. The lowest BCUT2D eigenvalue weighted by Crippen LogP contribution is -2.48. The largest absolute Gasteiger partial charge is 0.379 e. The van der Waals surface area contributed by atoms with Crippen LogP contribution in [0, 0.1) is 17.1 Å². The van der Waals surface area contributed by atoms with Crippen molar-refractivity contribution in [3.05, 3.63) is 315 Å². The molecule has 630 valence electrons. The van der Waals surface area contributed by atoms with Gasteiger partial charge in [0.25, 0.3) is 11.8 Å². The van der Waals surface area contributed by atoms with Crippen LogP contribution in [-0.4, -0.2) is 214 Å². The van der Waals surface area contributed by atoms with Crippen LogP contribution < -0.4 is 0 Å².